The molecule has 0 aromatic rings. The lowest BCUT2D eigenvalue weighted by Crippen LogP contribution is -2.18. The van der Waals surface area contributed by atoms with Crippen LogP contribution in [-0.4, -0.2) is 30.2 Å². The highest BCUT2D eigenvalue weighted by atomic mass is 16.4. The molecule has 4 heteroatoms. The third kappa shape index (κ3) is 5.23. The van der Waals surface area contributed by atoms with Crippen molar-refractivity contribution in [2.24, 2.45) is 0 Å². The number of amides is 1. The van der Waals surface area contributed by atoms with E-state index in [1.807, 2.05) is 0 Å². The van der Waals surface area contributed by atoms with Crippen LogP contribution >= 0.6 is 0 Å². The topological polar surface area (TPSA) is 75.5 Å². The van der Waals surface area contributed by atoms with E-state index in [4.69, 9.17) is 5.11 Å². The fourth-order valence-electron chi connectivity index (χ4n) is 0. The van der Waals surface area contributed by atoms with Crippen molar-refractivity contribution in [3.63, 3.8) is 0 Å². The molecular weight excluding hydrogens is 96.0 g/mol. The fourth-order valence-corrected chi connectivity index (χ4v) is 0. The zero-order valence-electron chi connectivity index (χ0n) is 4.51. The van der Waals surface area contributed by atoms with Crippen LogP contribution in [0.5, 0.6) is 0 Å². The molecular formula is C3H10N2O2. The molecule has 0 saturated heterocycles. The first-order valence-electron chi connectivity index (χ1n) is 1.55. The van der Waals surface area contributed by atoms with Gasteiger partial charge in [0, 0.05) is 14.1 Å². The molecule has 0 radical (unpaired) electrons. The van der Waals surface area contributed by atoms with Gasteiger partial charge in [-0.2, -0.15) is 0 Å². The first kappa shape index (κ1) is 9.52. The molecule has 0 aromatic heterocycles. The van der Waals surface area contributed by atoms with Crippen molar-refractivity contribution in [1.82, 2.24) is 11.1 Å². The quantitative estimate of drug-likeness (QED) is 0.469. The van der Waals surface area contributed by atoms with E-state index in [2.05, 4.69) is 0 Å². The van der Waals surface area contributed by atoms with E-state index in [0.29, 0.717) is 0 Å². The fraction of sp³-hybridized carbons (Fsp3) is 0.667. The number of nitrogens with zero attached hydrogens (tertiary/aromatic N) is 1. The molecule has 7 heavy (non-hydrogen) atoms. The highest BCUT2D eigenvalue weighted by Crippen LogP contribution is 1.69. The van der Waals surface area contributed by atoms with Gasteiger partial charge in [0.1, 0.15) is 0 Å². The standard InChI is InChI=1S/C3H7NO2.H3N/c1-4(2)3(5)6;/h1-2H3,(H,5,6);1H3. The molecule has 0 saturated carbocycles. The number of carboxylic acid groups (broad SMARTS) is 1. The molecule has 0 bridgehead atoms. The van der Waals surface area contributed by atoms with Crippen LogP contribution < -0.4 is 6.15 Å². The van der Waals surface area contributed by atoms with Gasteiger partial charge in [-0.3, -0.25) is 0 Å². The van der Waals surface area contributed by atoms with Crippen molar-refractivity contribution >= 4 is 6.09 Å². The van der Waals surface area contributed by atoms with Crippen LogP contribution in [0.25, 0.3) is 0 Å². The summed E-state index contributed by atoms with van der Waals surface area (Å²) in [5, 5.41) is 7.92. The van der Waals surface area contributed by atoms with Crippen LogP contribution in [0.2, 0.25) is 0 Å². The summed E-state index contributed by atoms with van der Waals surface area (Å²) in [7, 11) is 2.95. The van der Waals surface area contributed by atoms with Crippen LogP contribution in [0.15, 0.2) is 0 Å². The van der Waals surface area contributed by atoms with E-state index >= 15 is 0 Å². The van der Waals surface area contributed by atoms with E-state index < -0.39 is 6.09 Å². The molecule has 0 spiro atoms. The van der Waals surface area contributed by atoms with Crippen molar-refractivity contribution in [3.05, 3.63) is 0 Å². The average Bonchev–Trinajstić information content (AvgIpc) is 1.36. The Morgan fingerprint density at radius 1 is 1.57 bits per heavy atom. The Hall–Kier alpha value is -0.770. The summed E-state index contributed by atoms with van der Waals surface area (Å²) in [5.74, 6) is 0. The first-order valence-corrected chi connectivity index (χ1v) is 1.55. The van der Waals surface area contributed by atoms with Crippen molar-refractivity contribution in [1.29, 1.82) is 0 Å². The molecule has 4 N–H and O–H groups in total. The summed E-state index contributed by atoms with van der Waals surface area (Å²) in [6, 6.07) is 0. The number of hydrogen-bond acceptors (Lipinski definition) is 2. The first-order chi connectivity index (χ1) is 2.64. The van der Waals surface area contributed by atoms with Gasteiger partial charge in [0.2, 0.25) is 0 Å². The second-order valence-corrected chi connectivity index (χ2v) is 1.18. The summed E-state index contributed by atoms with van der Waals surface area (Å²) in [4.78, 5) is 10.7. The molecule has 0 rings (SSSR count). The molecule has 1 amide bonds. The maximum Gasteiger partial charge on any atom is 0.406 e. The third-order valence-electron chi connectivity index (χ3n) is 0.383. The van der Waals surface area contributed by atoms with Crippen molar-refractivity contribution in [2.45, 2.75) is 0 Å². The largest absolute Gasteiger partial charge is 0.465 e. The Kier molecular flexibility index (Phi) is 4.65. The smallest absolute Gasteiger partial charge is 0.406 e. The van der Waals surface area contributed by atoms with Gasteiger partial charge in [0.05, 0.1) is 0 Å². The van der Waals surface area contributed by atoms with Crippen LogP contribution in [-0.2, 0) is 0 Å². The van der Waals surface area contributed by atoms with Gasteiger partial charge in [-0.15, -0.1) is 0 Å². The SMILES string of the molecule is CN(C)C(=O)O.N. The average molecular weight is 106 g/mol. The van der Waals surface area contributed by atoms with Gasteiger partial charge >= 0.3 is 6.09 Å². The summed E-state index contributed by atoms with van der Waals surface area (Å²) >= 11 is 0. The molecule has 0 aromatic carbocycles. The molecule has 0 heterocycles. The Bertz CT molecular complexity index is 62.0. The second kappa shape index (κ2) is 3.42. The van der Waals surface area contributed by atoms with Gasteiger partial charge in [-0.05, 0) is 0 Å². The Balaban J connectivity index is 0. The normalized spacial score (nSPS) is 6.57. The predicted octanol–water partition coefficient (Wildman–Crippen LogP) is 0.388. The van der Waals surface area contributed by atoms with Gasteiger partial charge in [0.15, 0.2) is 0 Å². The van der Waals surface area contributed by atoms with Crippen molar-refractivity contribution in [2.75, 3.05) is 14.1 Å². The Morgan fingerprint density at radius 3 is 1.71 bits per heavy atom. The maximum atomic E-state index is 9.62. The van der Waals surface area contributed by atoms with Gasteiger partial charge in [0.25, 0.3) is 0 Å². The van der Waals surface area contributed by atoms with Gasteiger partial charge in [-0.25, -0.2) is 4.79 Å². The van der Waals surface area contributed by atoms with E-state index in [-0.39, 0.29) is 6.15 Å². The summed E-state index contributed by atoms with van der Waals surface area (Å²) < 4.78 is 0. The lowest BCUT2D eigenvalue weighted by atomic mass is 10.9. The van der Waals surface area contributed by atoms with E-state index in [1.54, 1.807) is 0 Å². The number of rotatable bonds is 0. The highest BCUT2D eigenvalue weighted by molar-refractivity contribution is 5.63. The van der Waals surface area contributed by atoms with Crippen LogP contribution in [0.3, 0.4) is 0 Å². The molecule has 4 nitrogen and oxygen atoms in total. The van der Waals surface area contributed by atoms with Crippen LogP contribution in [0, 0.1) is 0 Å². The lowest BCUT2D eigenvalue weighted by molar-refractivity contribution is 0.165. The molecule has 0 aliphatic heterocycles. The Morgan fingerprint density at radius 2 is 1.71 bits per heavy atom. The molecule has 44 valence electrons. The Labute approximate surface area is 42.3 Å². The number of carbonyl (C=O) groups is 1. The van der Waals surface area contributed by atoms with E-state index in [1.165, 1.54) is 14.1 Å². The maximum absolute atomic E-state index is 9.62. The van der Waals surface area contributed by atoms with E-state index in [9.17, 15) is 4.79 Å². The molecule has 0 aliphatic rings. The van der Waals surface area contributed by atoms with Crippen LogP contribution in [0.1, 0.15) is 0 Å². The van der Waals surface area contributed by atoms with Crippen LogP contribution in [0.4, 0.5) is 4.79 Å². The third-order valence-corrected chi connectivity index (χ3v) is 0.383. The highest BCUT2D eigenvalue weighted by Gasteiger charge is 1.91. The van der Waals surface area contributed by atoms with Gasteiger partial charge < -0.3 is 16.2 Å². The van der Waals surface area contributed by atoms with E-state index in [0.717, 1.165) is 4.90 Å². The van der Waals surface area contributed by atoms with Crippen molar-refractivity contribution < 1.29 is 9.90 Å². The summed E-state index contributed by atoms with van der Waals surface area (Å²) in [5.41, 5.74) is 0. The lowest BCUT2D eigenvalue weighted by Gasteiger charge is -1.99. The molecule has 0 fully saturated rings. The minimum absolute atomic E-state index is 0. The number of hydrogen-bond donors (Lipinski definition) is 2. The zero-order valence-corrected chi connectivity index (χ0v) is 4.51. The minimum atomic E-state index is -0.907. The molecule has 0 aliphatic carbocycles. The molecule has 0 unspecified atom stereocenters. The monoisotopic (exact) mass is 106 g/mol. The second-order valence-electron chi connectivity index (χ2n) is 1.18. The predicted molar refractivity (Wildman–Crippen MR) is 26.7 cm³/mol. The van der Waals surface area contributed by atoms with Crippen molar-refractivity contribution in [3.8, 4) is 0 Å². The minimum Gasteiger partial charge on any atom is -0.465 e. The zero-order chi connectivity index (χ0) is 5.15. The summed E-state index contributed by atoms with van der Waals surface area (Å²) in [6.07, 6.45) is -0.907. The summed E-state index contributed by atoms with van der Waals surface area (Å²) in [6.45, 7) is 0. The molecule has 0 atom stereocenters. The van der Waals surface area contributed by atoms with Gasteiger partial charge in [-0.1, -0.05) is 0 Å².